The lowest BCUT2D eigenvalue weighted by atomic mass is 10.1. The summed E-state index contributed by atoms with van der Waals surface area (Å²) in [5, 5.41) is 5.55. The number of aromatic nitrogens is 2. The molecule has 27 heavy (non-hydrogen) atoms. The van der Waals surface area contributed by atoms with E-state index in [1.54, 1.807) is 37.4 Å². The van der Waals surface area contributed by atoms with Crippen LogP contribution in [0.5, 0.6) is 5.75 Å². The highest BCUT2D eigenvalue weighted by Gasteiger charge is 2.24. The Balaban J connectivity index is 1.95. The number of ether oxygens (including phenoxy) is 1. The summed E-state index contributed by atoms with van der Waals surface area (Å²) in [6.45, 7) is 1.45. The summed E-state index contributed by atoms with van der Waals surface area (Å²) in [5.74, 6) is 0.397. The number of carbonyl (C=O) groups excluding carboxylic acids is 1. The van der Waals surface area contributed by atoms with Crippen molar-refractivity contribution < 1.29 is 9.53 Å². The van der Waals surface area contributed by atoms with Gasteiger partial charge in [-0.25, -0.2) is 0 Å². The van der Waals surface area contributed by atoms with Gasteiger partial charge in [0.25, 0.3) is 11.5 Å². The van der Waals surface area contributed by atoms with Crippen LogP contribution in [0.3, 0.4) is 0 Å². The first-order chi connectivity index (χ1) is 13.2. The van der Waals surface area contributed by atoms with E-state index in [1.165, 1.54) is 4.68 Å². The molecule has 0 atom stereocenters. The molecule has 6 heteroatoms. The van der Waals surface area contributed by atoms with E-state index in [-0.39, 0.29) is 11.5 Å². The van der Waals surface area contributed by atoms with Gasteiger partial charge in [0.1, 0.15) is 11.4 Å². The largest absolute Gasteiger partial charge is 0.494 e. The maximum Gasteiger partial charge on any atom is 0.279 e. The highest BCUT2D eigenvalue weighted by atomic mass is 16.5. The highest BCUT2D eigenvalue weighted by Crippen LogP contribution is 2.23. The third-order valence-electron chi connectivity index (χ3n) is 4.96. The SMILES string of the molecule is COc1ccccc1-n1nc(C(=O)N2CCCCC2)c2ccccc2c1=O. The van der Waals surface area contributed by atoms with E-state index in [2.05, 4.69) is 5.10 Å². The zero-order valence-corrected chi connectivity index (χ0v) is 15.2. The molecule has 0 spiro atoms. The van der Waals surface area contributed by atoms with Crippen LogP contribution in [-0.2, 0) is 0 Å². The smallest absolute Gasteiger partial charge is 0.279 e. The monoisotopic (exact) mass is 363 g/mol. The number of nitrogens with zero attached hydrogens (tertiary/aromatic N) is 3. The Labute approximate surface area is 157 Å². The quantitative estimate of drug-likeness (QED) is 0.718. The average Bonchev–Trinajstić information content (AvgIpc) is 2.74. The predicted molar refractivity (Wildman–Crippen MR) is 104 cm³/mol. The molecule has 0 N–H and O–H groups in total. The van der Waals surface area contributed by atoms with Gasteiger partial charge in [0.15, 0.2) is 5.69 Å². The summed E-state index contributed by atoms with van der Waals surface area (Å²) >= 11 is 0. The van der Waals surface area contributed by atoms with Crippen LogP contribution in [0.4, 0.5) is 0 Å². The first kappa shape index (κ1) is 17.3. The molecule has 3 aromatic rings. The van der Waals surface area contributed by atoms with E-state index < -0.39 is 0 Å². The number of benzene rings is 2. The number of rotatable bonds is 3. The number of para-hydroxylation sites is 2. The van der Waals surface area contributed by atoms with Crippen molar-refractivity contribution >= 4 is 16.7 Å². The van der Waals surface area contributed by atoms with Crippen molar-refractivity contribution in [1.82, 2.24) is 14.7 Å². The van der Waals surface area contributed by atoms with Crippen molar-refractivity contribution in [2.75, 3.05) is 20.2 Å². The molecule has 1 aromatic heterocycles. The van der Waals surface area contributed by atoms with Gasteiger partial charge in [0, 0.05) is 18.5 Å². The number of likely N-dealkylation sites (tertiary alicyclic amines) is 1. The van der Waals surface area contributed by atoms with Crippen LogP contribution in [0, 0.1) is 0 Å². The standard InChI is InChI=1S/C21H21N3O3/c1-27-18-12-6-5-11-17(18)24-20(25)16-10-4-3-9-15(16)19(22-24)21(26)23-13-7-2-8-14-23/h3-6,9-12H,2,7-8,13-14H2,1H3. The number of methoxy groups -OCH3 is 1. The second kappa shape index (κ2) is 7.23. The van der Waals surface area contributed by atoms with E-state index in [0.717, 1.165) is 32.4 Å². The van der Waals surface area contributed by atoms with Gasteiger partial charge in [0.2, 0.25) is 0 Å². The van der Waals surface area contributed by atoms with Crippen molar-refractivity contribution in [3.8, 4) is 11.4 Å². The molecule has 1 amide bonds. The van der Waals surface area contributed by atoms with E-state index in [9.17, 15) is 9.59 Å². The van der Waals surface area contributed by atoms with Crippen LogP contribution >= 0.6 is 0 Å². The van der Waals surface area contributed by atoms with Crippen LogP contribution in [0.15, 0.2) is 53.3 Å². The molecule has 6 nitrogen and oxygen atoms in total. The van der Waals surface area contributed by atoms with Crippen molar-refractivity contribution in [1.29, 1.82) is 0 Å². The molecule has 0 radical (unpaired) electrons. The van der Waals surface area contributed by atoms with Gasteiger partial charge in [-0.1, -0.05) is 30.3 Å². The summed E-state index contributed by atoms with van der Waals surface area (Å²) in [6, 6.07) is 14.3. The van der Waals surface area contributed by atoms with E-state index in [0.29, 0.717) is 27.9 Å². The van der Waals surface area contributed by atoms with Gasteiger partial charge in [-0.3, -0.25) is 9.59 Å². The molecule has 2 heterocycles. The number of hydrogen-bond acceptors (Lipinski definition) is 4. The summed E-state index contributed by atoms with van der Waals surface area (Å²) < 4.78 is 6.66. The lowest BCUT2D eigenvalue weighted by Crippen LogP contribution is -2.37. The van der Waals surface area contributed by atoms with Crippen LogP contribution in [0.1, 0.15) is 29.8 Å². The third-order valence-corrected chi connectivity index (χ3v) is 4.96. The number of hydrogen-bond donors (Lipinski definition) is 0. The summed E-state index contributed by atoms with van der Waals surface area (Å²) in [7, 11) is 1.55. The summed E-state index contributed by atoms with van der Waals surface area (Å²) in [6.07, 6.45) is 3.13. The van der Waals surface area contributed by atoms with E-state index in [1.807, 2.05) is 23.1 Å². The maximum absolute atomic E-state index is 13.2. The van der Waals surface area contributed by atoms with Gasteiger partial charge < -0.3 is 9.64 Å². The van der Waals surface area contributed by atoms with Crippen LogP contribution in [-0.4, -0.2) is 40.8 Å². The van der Waals surface area contributed by atoms with Gasteiger partial charge >= 0.3 is 0 Å². The van der Waals surface area contributed by atoms with Gasteiger partial charge in [-0.2, -0.15) is 9.78 Å². The Morgan fingerprint density at radius 2 is 1.63 bits per heavy atom. The Hall–Kier alpha value is -3.15. The zero-order valence-electron chi connectivity index (χ0n) is 15.2. The maximum atomic E-state index is 13.2. The second-order valence-corrected chi connectivity index (χ2v) is 6.64. The van der Waals surface area contributed by atoms with Gasteiger partial charge in [-0.05, 0) is 37.5 Å². The Morgan fingerprint density at radius 1 is 0.963 bits per heavy atom. The summed E-state index contributed by atoms with van der Waals surface area (Å²) in [4.78, 5) is 28.1. The number of piperidine rings is 1. The molecule has 0 saturated carbocycles. The fourth-order valence-electron chi connectivity index (χ4n) is 3.56. The molecule has 0 aliphatic carbocycles. The highest BCUT2D eigenvalue weighted by molar-refractivity contribution is 6.04. The molecule has 2 aromatic carbocycles. The number of carbonyl (C=O) groups is 1. The lowest BCUT2D eigenvalue weighted by Gasteiger charge is -2.26. The molecule has 1 fully saturated rings. The first-order valence-corrected chi connectivity index (χ1v) is 9.15. The van der Waals surface area contributed by atoms with E-state index in [4.69, 9.17) is 4.74 Å². The summed E-state index contributed by atoms with van der Waals surface area (Å²) in [5.41, 5.74) is 0.548. The average molecular weight is 363 g/mol. The predicted octanol–water partition coefficient (Wildman–Crippen LogP) is 3.02. The van der Waals surface area contributed by atoms with Crippen molar-refractivity contribution in [2.24, 2.45) is 0 Å². The minimum Gasteiger partial charge on any atom is -0.494 e. The molecule has 4 rings (SSSR count). The first-order valence-electron chi connectivity index (χ1n) is 9.15. The fourth-order valence-corrected chi connectivity index (χ4v) is 3.56. The van der Waals surface area contributed by atoms with E-state index >= 15 is 0 Å². The lowest BCUT2D eigenvalue weighted by molar-refractivity contribution is 0.0718. The normalized spacial score (nSPS) is 14.3. The molecule has 0 bridgehead atoms. The second-order valence-electron chi connectivity index (χ2n) is 6.64. The van der Waals surface area contributed by atoms with Gasteiger partial charge in [-0.15, -0.1) is 0 Å². The topological polar surface area (TPSA) is 64.4 Å². The van der Waals surface area contributed by atoms with Gasteiger partial charge in [0.05, 0.1) is 12.5 Å². The Kier molecular flexibility index (Phi) is 4.62. The molecule has 0 unspecified atom stereocenters. The molecule has 138 valence electrons. The molecular formula is C21H21N3O3. The van der Waals surface area contributed by atoms with Crippen LogP contribution in [0.2, 0.25) is 0 Å². The van der Waals surface area contributed by atoms with Crippen molar-refractivity contribution in [3.63, 3.8) is 0 Å². The van der Waals surface area contributed by atoms with Crippen LogP contribution in [0.25, 0.3) is 16.5 Å². The molecule has 1 aliphatic heterocycles. The van der Waals surface area contributed by atoms with Crippen LogP contribution < -0.4 is 10.3 Å². The van der Waals surface area contributed by atoms with Crippen molar-refractivity contribution in [2.45, 2.75) is 19.3 Å². The molecule has 1 aliphatic rings. The third kappa shape index (κ3) is 3.07. The zero-order chi connectivity index (χ0) is 18.8. The van der Waals surface area contributed by atoms with Crippen molar-refractivity contribution in [3.05, 3.63) is 64.6 Å². The number of fused-ring (bicyclic) bond motifs is 1. The Morgan fingerprint density at radius 3 is 2.37 bits per heavy atom. The number of amides is 1. The molecular weight excluding hydrogens is 342 g/mol. The minimum atomic E-state index is -0.273. The Bertz CT molecular complexity index is 1050. The molecule has 1 saturated heterocycles. The fraction of sp³-hybridized carbons (Fsp3) is 0.286. The minimum absolute atomic E-state index is 0.130.